The minimum Gasteiger partial charge on any atom is -0.457 e. The summed E-state index contributed by atoms with van der Waals surface area (Å²) >= 11 is 6.21. The number of amides is 1. The molecular formula is C15H9F2NO2S2. The van der Waals surface area contributed by atoms with Gasteiger partial charge < -0.3 is 4.42 Å². The van der Waals surface area contributed by atoms with Gasteiger partial charge in [-0.1, -0.05) is 24.0 Å². The van der Waals surface area contributed by atoms with Crippen molar-refractivity contribution in [2.75, 3.05) is 7.05 Å². The Labute approximate surface area is 134 Å². The van der Waals surface area contributed by atoms with Crippen LogP contribution in [0, 0.1) is 11.6 Å². The SMILES string of the molecule is CN1C(=O)/C(=C/c2ccc(-c3ccc(F)cc3F)o2)SC1=S. The number of halogens is 2. The predicted octanol–water partition coefficient (Wildman–Crippen LogP) is 4.06. The van der Waals surface area contributed by atoms with E-state index in [1.807, 2.05) is 0 Å². The van der Waals surface area contributed by atoms with Gasteiger partial charge in [0.15, 0.2) is 0 Å². The molecule has 0 bridgehead atoms. The number of furan rings is 1. The summed E-state index contributed by atoms with van der Waals surface area (Å²) in [7, 11) is 1.60. The number of hydrogen-bond donors (Lipinski definition) is 0. The maximum absolute atomic E-state index is 13.7. The maximum atomic E-state index is 13.7. The first kappa shape index (κ1) is 14.9. The van der Waals surface area contributed by atoms with E-state index < -0.39 is 11.6 Å². The highest BCUT2D eigenvalue weighted by Crippen LogP contribution is 2.33. The molecule has 0 saturated carbocycles. The summed E-state index contributed by atoms with van der Waals surface area (Å²) in [5, 5.41) is 0. The lowest BCUT2D eigenvalue weighted by Gasteiger charge is -2.03. The van der Waals surface area contributed by atoms with Crippen molar-refractivity contribution in [1.82, 2.24) is 4.90 Å². The molecule has 0 unspecified atom stereocenters. The first-order valence-electron chi connectivity index (χ1n) is 6.22. The van der Waals surface area contributed by atoms with E-state index in [-0.39, 0.29) is 17.2 Å². The molecule has 1 aliphatic rings. The largest absolute Gasteiger partial charge is 0.457 e. The quantitative estimate of drug-likeness (QED) is 0.611. The van der Waals surface area contributed by atoms with Gasteiger partial charge in [-0.15, -0.1) is 0 Å². The lowest BCUT2D eigenvalue weighted by atomic mass is 10.1. The zero-order valence-electron chi connectivity index (χ0n) is 11.3. The molecule has 22 heavy (non-hydrogen) atoms. The van der Waals surface area contributed by atoms with Crippen LogP contribution < -0.4 is 0 Å². The number of thioether (sulfide) groups is 1. The van der Waals surface area contributed by atoms with Crippen LogP contribution in [0.4, 0.5) is 8.78 Å². The van der Waals surface area contributed by atoms with Crippen LogP contribution in [0.15, 0.2) is 39.7 Å². The van der Waals surface area contributed by atoms with Crippen molar-refractivity contribution in [2.45, 2.75) is 0 Å². The maximum Gasteiger partial charge on any atom is 0.266 e. The van der Waals surface area contributed by atoms with Gasteiger partial charge in [0.05, 0.1) is 10.5 Å². The van der Waals surface area contributed by atoms with Crippen molar-refractivity contribution in [3.8, 4) is 11.3 Å². The first-order chi connectivity index (χ1) is 10.5. The Bertz CT molecular complexity index is 814. The molecule has 0 spiro atoms. The van der Waals surface area contributed by atoms with Gasteiger partial charge in [0, 0.05) is 19.2 Å². The minimum absolute atomic E-state index is 0.157. The molecule has 2 heterocycles. The first-order valence-corrected chi connectivity index (χ1v) is 7.45. The highest BCUT2D eigenvalue weighted by atomic mass is 32.2. The molecule has 7 heteroatoms. The zero-order chi connectivity index (χ0) is 15.9. The summed E-state index contributed by atoms with van der Waals surface area (Å²) < 4.78 is 32.6. The van der Waals surface area contributed by atoms with Crippen LogP contribution in [0.5, 0.6) is 0 Å². The van der Waals surface area contributed by atoms with E-state index in [9.17, 15) is 13.6 Å². The molecule has 0 aliphatic carbocycles. The molecule has 1 fully saturated rings. The van der Waals surface area contributed by atoms with Crippen LogP contribution in [0.3, 0.4) is 0 Å². The average molecular weight is 337 g/mol. The van der Waals surface area contributed by atoms with Gasteiger partial charge in [-0.2, -0.15) is 0 Å². The van der Waals surface area contributed by atoms with E-state index in [0.717, 1.165) is 12.1 Å². The monoisotopic (exact) mass is 337 g/mol. The molecular weight excluding hydrogens is 328 g/mol. The Kier molecular flexibility index (Phi) is 3.84. The fourth-order valence-electron chi connectivity index (χ4n) is 1.94. The van der Waals surface area contributed by atoms with Crippen molar-refractivity contribution in [3.63, 3.8) is 0 Å². The highest BCUT2D eigenvalue weighted by Gasteiger charge is 2.29. The van der Waals surface area contributed by atoms with Crippen molar-refractivity contribution < 1.29 is 18.0 Å². The third-order valence-corrected chi connectivity index (χ3v) is 4.57. The number of nitrogens with zero attached hydrogens (tertiary/aromatic N) is 1. The number of rotatable bonds is 2. The Morgan fingerprint density at radius 1 is 1.27 bits per heavy atom. The fourth-order valence-corrected chi connectivity index (χ4v) is 3.10. The molecule has 1 aliphatic heterocycles. The van der Waals surface area contributed by atoms with Gasteiger partial charge in [-0.3, -0.25) is 9.69 Å². The van der Waals surface area contributed by atoms with Crippen LogP contribution >= 0.6 is 24.0 Å². The second-order valence-corrected chi connectivity index (χ2v) is 6.24. The number of benzene rings is 1. The summed E-state index contributed by atoms with van der Waals surface area (Å²) in [4.78, 5) is 13.7. The van der Waals surface area contributed by atoms with E-state index in [2.05, 4.69) is 0 Å². The molecule has 0 N–H and O–H groups in total. The van der Waals surface area contributed by atoms with Gasteiger partial charge in [-0.25, -0.2) is 8.78 Å². The summed E-state index contributed by atoms with van der Waals surface area (Å²) in [5.74, 6) is -0.912. The Morgan fingerprint density at radius 2 is 2.05 bits per heavy atom. The number of thiocarbonyl (C=S) groups is 1. The summed E-state index contributed by atoms with van der Waals surface area (Å²) in [6, 6.07) is 6.43. The molecule has 112 valence electrons. The van der Waals surface area contributed by atoms with Crippen molar-refractivity contribution in [2.24, 2.45) is 0 Å². The van der Waals surface area contributed by atoms with Gasteiger partial charge in [-0.05, 0) is 24.3 Å². The molecule has 0 atom stereocenters. The number of likely N-dealkylation sites (N-methyl/N-ethyl adjacent to an activating group) is 1. The molecule has 2 aromatic rings. The number of carbonyl (C=O) groups is 1. The van der Waals surface area contributed by atoms with Gasteiger partial charge in [0.2, 0.25) is 0 Å². The Hall–Kier alpha value is -1.99. The Morgan fingerprint density at radius 3 is 2.68 bits per heavy atom. The van der Waals surface area contributed by atoms with Gasteiger partial charge >= 0.3 is 0 Å². The van der Waals surface area contributed by atoms with E-state index in [1.54, 1.807) is 25.3 Å². The van der Waals surface area contributed by atoms with E-state index in [1.165, 1.54) is 22.7 Å². The standard InChI is InChI=1S/C15H9F2NO2S2/c1-18-14(19)13(22-15(18)21)7-9-3-5-12(20-9)10-4-2-8(16)6-11(10)17/h2-7H,1H3/b13-7-. The number of hydrogen-bond acceptors (Lipinski definition) is 4. The second kappa shape index (κ2) is 5.66. The molecule has 1 aromatic heterocycles. The van der Waals surface area contributed by atoms with E-state index in [4.69, 9.17) is 16.6 Å². The predicted molar refractivity (Wildman–Crippen MR) is 85.0 cm³/mol. The zero-order valence-corrected chi connectivity index (χ0v) is 12.9. The van der Waals surface area contributed by atoms with Crippen LogP contribution in [-0.2, 0) is 4.79 Å². The van der Waals surface area contributed by atoms with Crippen molar-refractivity contribution in [1.29, 1.82) is 0 Å². The third-order valence-electron chi connectivity index (χ3n) is 3.08. The van der Waals surface area contributed by atoms with Crippen LogP contribution in [0.25, 0.3) is 17.4 Å². The summed E-state index contributed by atoms with van der Waals surface area (Å²) in [6.45, 7) is 0. The molecule has 1 saturated heterocycles. The molecule has 1 amide bonds. The normalized spacial score (nSPS) is 16.9. The average Bonchev–Trinajstić information content (AvgIpc) is 3.01. The van der Waals surface area contributed by atoms with Crippen LogP contribution in [0.1, 0.15) is 5.76 Å². The Balaban J connectivity index is 1.92. The molecule has 3 rings (SSSR count). The minimum atomic E-state index is -0.708. The molecule has 3 nitrogen and oxygen atoms in total. The van der Waals surface area contributed by atoms with Gasteiger partial charge in [0.25, 0.3) is 5.91 Å². The topological polar surface area (TPSA) is 33.5 Å². The lowest BCUT2D eigenvalue weighted by Crippen LogP contribution is -2.22. The van der Waals surface area contributed by atoms with Crippen molar-refractivity contribution >= 4 is 40.3 Å². The van der Waals surface area contributed by atoms with Crippen molar-refractivity contribution in [3.05, 3.63) is 52.6 Å². The van der Waals surface area contributed by atoms with Gasteiger partial charge in [0.1, 0.15) is 27.5 Å². The molecule has 0 radical (unpaired) electrons. The second-order valence-electron chi connectivity index (χ2n) is 4.57. The third kappa shape index (κ3) is 2.69. The smallest absolute Gasteiger partial charge is 0.266 e. The van der Waals surface area contributed by atoms with E-state index in [0.29, 0.717) is 15.0 Å². The summed E-state index contributed by atoms with van der Waals surface area (Å²) in [5.41, 5.74) is 0.157. The highest BCUT2D eigenvalue weighted by molar-refractivity contribution is 8.26. The number of carbonyl (C=O) groups excluding carboxylic acids is 1. The van der Waals surface area contributed by atoms with Crippen LogP contribution in [-0.4, -0.2) is 22.2 Å². The van der Waals surface area contributed by atoms with E-state index >= 15 is 0 Å². The fraction of sp³-hybridized carbons (Fsp3) is 0.0667. The lowest BCUT2D eigenvalue weighted by molar-refractivity contribution is -0.121. The van der Waals surface area contributed by atoms with Crippen LogP contribution in [0.2, 0.25) is 0 Å². The summed E-state index contributed by atoms with van der Waals surface area (Å²) in [6.07, 6.45) is 1.55. The molecule has 1 aromatic carbocycles.